The Morgan fingerprint density at radius 1 is 1.33 bits per heavy atom. The molecule has 0 saturated heterocycles. The quantitative estimate of drug-likeness (QED) is 0.568. The minimum Gasteiger partial charge on any atom is -0.470 e. The van der Waals surface area contributed by atoms with Gasteiger partial charge in [-0.05, 0) is 32.9 Å². The normalized spacial score (nSPS) is 14.4. The molecule has 12 heteroatoms. The average molecular weight is 469 g/mol. The summed E-state index contributed by atoms with van der Waals surface area (Å²) in [6.45, 7) is 4.18. The van der Waals surface area contributed by atoms with Crippen molar-refractivity contribution in [3.63, 3.8) is 0 Å². The van der Waals surface area contributed by atoms with Gasteiger partial charge in [-0.15, -0.1) is 10.2 Å². The number of hydrogen-bond acceptors (Lipinski definition) is 6. The van der Waals surface area contributed by atoms with Gasteiger partial charge in [0.1, 0.15) is 0 Å². The third-order valence-corrected chi connectivity index (χ3v) is 5.24. The zero-order valence-corrected chi connectivity index (χ0v) is 18.2. The standard InChI is InChI=1S/C21H23F4N5O3/c1-4-26-17(31)8-16-14-9-30(19(32)13(14)5-6-27-16)12(3)15-7-11(2)18(29-28-15)33-10-21(24,25)20(22)23/h5-7,12,20H,4,8-10H2,1-3H3,(H,26,31). The molecule has 0 radical (unpaired) electrons. The molecule has 0 fully saturated rings. The van der Waals surface area contributed by atoms with Crippen LogP contribution < -0.4 is 10.1 Å². The number of amides is 2. The van der Waals surface area contributed by atoms with Crippen LogP contribution in [-0.4, -0.2) is 57.4 Å². The molecule has 2 amide bonds. The van der Waals surface area contributed by atoms with Gasteiger partial charge in [-0.1, -0.05) is 0 Å². The van der Waals surface area contributed by atoms with Gasteiger partial charge in [0.15, 0.2) is 6.61 Å². The number of nitrogens with zero attached hydrogens (tertiary/aromatic N) is 4. The van der Waals surface area contributed by atoms with Crippen molar-refractivity contribution in [2.75, 3.05) is 13.2 Å². The number of nitrogens with one attached hydrogen (secondary N) is 1. The number of aromatic nitrogens is 3. The van der Waals surface area contributed by atoms with Crippen LogP contribution in [0.2, 0.25) is 0 Å². The summed E-state index contributed by atoms with van der Waals surface area (Å²) in [7, 11) is 0. The van der Waals surface area contributed by atoms with Gasteiger partial charge >= 0.3 is 12.3 Å². The van der Waals surface area contributed by atoms with Crippen LogP contribution >= 0.6 is 0 Å². The minimum absolute atomic E-state index is 0.0424. The Labute approximate surface area is 187 Å². The van der Waals surface area contributed by atoms with Crippen LogP contribution in [0.25, 0.3) is 0 Å². The van der Waals surface area contributed by atoms with Gasteiger partial charge < -0.3 is 15.0 Å². The molecule has 1 aliphatic rings. The first-order valence-electron chi connectivity index (χ1n) is 10.2. The minimum atomic E-state index is -4.31. The fourth-order valence-electron chi connectivity index (χ4n) is 3.41. The highest BCUT2D eigenvalue weighted by Crippen LogP contribution is 2.33. The number of halogens is 4. The van der Waals surface area contributed by atoms with Crippen LogP contribution in [0.3, 0.4) is 0 Å². The number of likely N-dealkylation sites (N-methyl/N-ethyl adjacent to an activating group) is 1. The van der Waals surface area contributed by atoms with E-state index in [1.165, 1.54) is 24.1 Å². The Kier molecular flexibility index (Phi) is 7.13. The van der Waals surface area contributed by atoms with E-state index < -0.39 is 25.0 Å². The summed E-state index contributed by atoms with van der Waals surface area (Å²) in [6.07, 6.45) is -2.34. The van der Waals surface area contributed by atoms with Crippen LogP contribution in [0.1, 0.15) is 52.8 Å². The average Bonchev–Trinajstić information content (AvgIpc) is 3.10. The van der Waals surface area contributed by atoms with Crippen LogP contribution in [-0.2, 0) is 17.8 Å². The number of aryl methyl sites for hydroxylation is 1. The summed E-state index contributed by atoms with van der Waals surface area (Å²) in [5, 5.41) is 10.4. The molecule has 33 heavy (non-hydrogen) atoms. The number of hydrogen-bond donors (Lipinski definition) is 1. The van der Waals surface area contributed by atoms with E-state index in [-0.39, 0.29) is 30.7 Å². The zero-order chi connectivity index (χ0) is 24.3. The number of pyridine rings is 1. The number of rotatable bonds is 9. The highest BCUT2D eigenvalue weighted by Gasteiger charge is 2.42. The monoisotopic (exact) mass is 469 g/mol. The van der Waals surface area contributed by atoms with E-state index in [2.05, 4.69) is 20.5 Å². The van der Waals surface area contributed by atoms with Crippen LogP contribution in [0.5, 0.6) is 5.88 Å². The smallest absolute Gasteiger partial charge is 0.340 e. The van der Waals surface area contributed by atoms with Crippen molar-refractivity contribution in [1.82, 2.24) is 25.4 Å². The third-order valence-electron chi connectivity index (χ3n) is 5.24. The number of carbonyl (C=O) groups excluding carboxylic acids is 2. The van der Waals surface area contributed by atoms with E-state index in [0.717, 1.165) is 0 Å². The molecular formula is C21H23F4N5O3. The Balaban J connectivity index is 1.76. The van der Waals surface area contributed by atoms with Crippen molar-refractivity contribution in [2.24, 2.45) is 0 Å². The maximum Gasteiger partial charge on any atom is 0.340 e. The fraction of sp³-hybridized carbons (Fsp3) is 0.476. The van der Waals surface area contributed by atoms with Gasteiger partial charge in [0.05, 0.1) is 23.9 Å². The maximum absolute atomic E-state index is 13.1. The summed E-state index contributed by atoms with van der Waals surface area (Å²) >= 11 is 0. The Morgan fingerprint density at radius 2 is 2.06 bits per heavy atom. The van der Waals surface area contributed by atoms with E-state index in [9.17, 15) is 27.2 Å². The molecule has 2 aromatic rings. The molecule has 1 N–H and O–H groups in total. The number of ether oxygens (including phenoxy) is 1. The maximum atomic E-state index is 13.1. The summed E-state index contributed by atoms with van der Waals surface area (Å²) in [5.74, 6) is -5.08. The first kappa shape index (κ1) is 24.3. The summed E-state index contributed by atoms with van der Waals surface area (Å²) in [6, 6.07) is 2.53. The molecule has 0 aromatic carbocycles. The molecule has 3 heterocycles. The lowest BCUT2D eigenvalue weighted by atomic mass is 10.1. The second kappa shape index (κ2) is 9.67. The molecular weight excluding hydrogens is 446 g/mol. The van der Waals surface area contributed by atoms with Crippen molar-refractivity contribution < 1.29 is 31.9 Å². The number of carbonyl (C=O) groups is 2. The lowest BCUT2D eigenvalue weighted by molar-refractivity contribution is -0.148. The van der Waals surface area contributed by atoms with E-state index in [4.69, 9.17) is 4.74 Å². The Hall–Kier alpha value is -3.31. The SMILES string of the molecule is CCNC(=O)Cc1nccc2c1CN(C(C)c1cc(C)c(OCC(F)(F)C(F)F)nn1)C2=O. The predicted molar refractivity (Wildman–Crippen MR) is 108 cm³/mol. The first-order chi connectivity index (χ1) is 15.5. The zero-order valence-electron chi connectivity index (χ0n) is 18.2. The van der Waals surface area contributed by atoms with Gasteiger partial charge in [-0.25, -0.2) is 8.78 Å². The topological polar surface area (TPSA) is 97.3 Å². The first-order valence-corrected chi connectivity index (χ1v) is 10.2. The lowest BCUT2D eigenvalue weighted by Crippen LogP contribution is -2.34. The van der Waals surface area contributed by atoms with Gasteiger partial charge in [-0.3, -0.25) is 14.6 Å². The molecule has 0 bridgehead atoms. The Bertz CT molecular complexity index is 1050. The third kappa shape index (κ3) is 5.20. The molecule has 2 aromatic heterocycles. The van der Waals surface area contributed by atoms with Crippen molar-refractivity contribution in [3.05, 3.63) is 46.4 Å². The molecule has 0 spiro atoms. The molecule has 3 rings (SSSR count). The summed E-state index contributed by atoms with van der Waals surface area (Å²) < 4.78 is 55.6. The lowest BCUT2D eigenvalue weighted by Gasteiger charge is -2.24. The molecule has 0 aliphatic carbocycles. The van der Waals surface area contributed by atoms with Gasteiger partial charge in [0, 0.05) is 36.0 Å². The van der Waals surface area contributed by atoms with Crippen molar-refractivity contribution >= 4 is 11.8 Å². The van der Waals surface area contributed by atoms with Crippen LogP contribution in [0, 0.1) is 6.92 Å². The molecule has 1 unspecified atom stereocenters. The molecule has 178 valence electrons. The molecule has 8 nitrogen and oxygen atoms in total. The molecule has 0 saturated carbocycles. The fourth-order valence-corrected chi connectivity index (χ4v) is 3.41. The highest BCUT2D eigenvalue weighted by atomic mass is 19.3. The van der Waals surface area contributed by atoms with E-state index in [1.807, 2.05) is 0 Å². The largest absolute Gasteiger partial charge is 0.470 e. The number of fused-ring (bicyclic) bond motifs is 1. The highest BCUT2D eigenvalue weighted by molar-refractivity contribution is 5.99. The predicted octanol–water partition coefficient (Wildman–Crippen LogP) is 2.85. The second-order valence-corrected chi connectivity index (χ2v) is 7.63. The van der Waals surface area contributed by atoms with Crippen molar-refractivity contribution in [3.8, 4) is 5.88 Å². The van der Waals surface area contributed by atoms with Crippen molar-refractivity contribution in [1.29, 1.82) is 0 Å². The molecule has 1 atom stereocenters. The molecule has 1 aliphatic heterocycles. The van der Waals surface area contributed by atoms with Gasteiger partial charge in [-0.2, -0.15) is 8.78 Å². The van der Waals surface area contributed by atoms with Gasteiger partial charge in [0.25, 0.3) is 5.91 Å². The Morgan fingerprint density at radius 3 is 2.70 bits per heavy atom. The van der Waals surface area contributed by atoms with Crippen LogP contribution in [0.15, 0.2) is 18.3 Å². The van der Waals surface area contributed by atoms with Gasteiger partial charge in [0.2, 0.25) is 11.8 Å². The second-order valence-electron chi connectivity index (χ2n) is 7.63. The van der Waals surface area contributed by atoms with Crippen LogP contribution in [0.4, 0.5) is 17.6 Å². The number of alkyl halides is 4. The van der Waals surface area contributed by atoms with E-state index in [0.29, 0.717) is 34.6 Å². The van der Waals surface area contributed by atoms with Crippen molar-refractivity contribution in [2.45, 2.75) is 52.1 Å². The summed E-state index contributed by atoms with van der Waals surface area (Å²) in [4.78, 5) is 30.7. The van der Waals surface area contributed by atoms with E-state index >= 15 is 0 Å². The summed E-state index contributed by atoms with van der Waals surface area (Å²) in [5.41, 5.74) is 2.27. The van der Waals surface area contributed by atoms with E-state index in [1.54, 1.807) is 19.9 Å².